The molecule has 1 saturated carbocycles. The van der Waals surface area contributed by atoms with E-state index in [-0.39, 0.29) is 11.3 Å². The van der Waals surface area contributed by atoms with Gasteiger partial charge < -0.3 is 5.73 Å². The number of thioether (sulfide) groups is 1. The predicted molar refractivity (Wildman–Crippen MR) is 93.0 cm³/mol. The van der Waals surface area contributed by atoms with Crippen LogP contribution in [0.3, 0.4) is 0 Å². The van der Waals surface area contributed by atoms with Gasteiger partial charge in [0.15, 0.2) is 4.34 Å². The number of aromatic nitrogens is 2. The Labute approximate surface area is 143 Å². The van der Waals surface area contributed by atoms with Crippen LogP contribution in [0.2, 0.25) is 0 Å². The number of sulfonamides is 1. The molecule has 1 aliphatic carbocycles. The van der Waals surface area contributed by atoms with E-state index in [0.29, 0.717) is 10.0 Å². The Morgan fingerprint density at radius 2 is 1.91 bits per heavy atom. The molecule has 3 rings (SSSR count). The van der Waals surface area contributed by atoms with Gasteiger partial charge in [-0.2, -0.15) is 0 Å². The summed E-state index contributed by atoms with van der Waals surface area (Å²) in [5.74, 6) is 0. The Morgan fingerprint density at radius 1 is 1.17 bits per heavy atom. The van der Waals surface area contributed by atoms with Crippen molar-refractivity contribution in [1.82, 2.24) is 14.9 Å². The Kier molecular flexibility index (Phi) is 5.20. The Bertz CT molecular complexity index is 748. The molecule has 0 radical (unpaired) electrons. The molecule has 1 aliphatic rings. The molecule has 1 aromatic heterocycles. The molecule has 0 aliphatic heterocycles. The molecule has 124 valence electrons. The molecule has 23 heavy (non-hydrogen) atoms. The second kappa shape index (κ2) is 7.16. The number of benzene rings is 1. The highest BCUT2D eigenvalue weighted by atomic mass is 32.2. The number of nitrogen functional groups attached to an aromatic ring is 1. The number of rotatable bonds is 5. The summed E-state index contributed by atoms with van der Waals surface area (Å²) in [6, 6.07) is 8.37. The van der Waals surface area contributed by atoms with Gasteiger partial charge in [-0.1, -0.05) is 54.1 Å². The van der Waals surface area contributed by atoms with Gasteiger partial charge in [-0.15, -0.1) is 10.2 Å². The van der Waals surface area contributed by atoms with E-state index in [9.17, 15) is 8.42 Å². The van der Waals surface area contributed by atoms with E-state index in [4.69, 9.17) is 5.73 Å². The molecule has 2 aromatic rings. The average Bonchev–Trinajstić information content (AvgIpc) is 2.95. The lowest BCUT2D eigenvalue weighted by Gasteiger charge is -2.30. The zero-order valence-corrected chi connectivity index (χ0v) is 14.8. The summed E-state index contributed by atoms with van der Waals surface area (Å²) >= 11 is 2.91. The van der Waals surface area contributed by atoms with Crippen molar-refractivity contribution in [2.24, 2.45) is 0 Å². The van der Waals surface area contributed by atoms with Crippen molar-refractivity contribution >= 4 is 38.3 Å². The average molecular weight is 371 g/mol. The Balaban J connectivity index is 1.74. The summed E-state index contributed by atoms with van der Waals surface area (Å²) < 4.78 is 28.7. The molecule has 1 heterocycles. The lowest BCUT2D eigenvalue weighted by Crippen LogP contribution is -2.43. The van der Waals surface area contributed by atoms with Gasteiger partial charge in [0.2, 0.25) is 15.2 Å². The topological polar surface area (TPSA) is 98.0 Å². The lowest BCUT2D eigenvalue weighted by atomic mass is 9.96. The van der Waals surface area contributed by atoms with Crippen LogP contribution in [0.25, 0.3) is 0 Å². The maximum Gasteiger partial charge on any atom is 0.240 e. The Morgan fingerprint density at radius 3 is 2.61 bits per heavy atom. The van der Waals surface area contributed by atoms with Crippen molar-refractivity contribution in [1.29, 1.82) is 0 Å². The second-order valence-corrected chi connectivity index (χ2v) is 9.60. The third-order valence-corrected chi connectivity index (χ3v) is 7.48. The van der Waals surface area contributed by atoms with Crippen LogP contribution in [0.5, 0.6) is 0 Å². The quantitative estimate of drug-likeness (QED) is 0.839. The molecular formula is C14H18N4O2S3. The molecule has 0 amide bonds. The van der Waals surface area contributed by atoms with Crippen LogP contribution in [0.4, 0.5) is 5.13 Å². The SMILES string of the molecule is Nc1nnc(S[C@H]2CCCC[C@@H]2NS(=O)(=O)c2ccccc2)s1. The molecule has 9 heteroatoms. The van der Waals surface area contributed by atoms with Crippen LogP contribution in [0.1, 0.15) is 25.7 Å². The molecule has 0 saturated heterocycles. The van der Waals surface area contributed by atoms with E-state index >= 15 is 0 Å². The fraction of sp³-hybridized carbons (Fsp3) is 0.429. The smallest absolute Gasteiger partial charge is 0.240 e. The van der Waals surface area contributed by atoms with Gasteiger partial charge in [0.05, 0.1) is 4.90 Å². The van der Waals surface area contributed by atoms with Crippen LogP contribution in [0, 0.1) is 0 Å². The van der Waals surface area contributed by atoms with E-state index in [1.807, 2.05) is 0 Å². The van der Waals surface area contributed by atoms with Gasteiger partial charge in [-0.05, 0) is 25.0 Å². The highest BCUT2D eigenvalue weighted by Gasteiger charge is 2.31. The molecule has 0 unspecified atom stereocenters. The summed E-state index contributed by atoms with van der Waals surface area (Å²) in [4.78, 5) is 0.300. The number of nitrogens with zero attached hydrogens (tertiary/aromatic N) is 2. The minimum atomic E-state index is -3.50. The molecule has 0 spiro atoms. The molecular weight excluding hydrogens is 352 g/mol. The summed E-state index contributed by atoms with van der Waals surface area (Å²) in [5, 5.41) is 8.43. The normalized spacial score (nSPS) is 22.1. The van der Waals surface area contributed by atoms with Gasteiger partial charge in [0.25, 0.3) is 0 Å². The summed E-state index contributed by atoms with van der Waals surface area (Å²) in [6.45, 7) is 0. The number of nitrogens with two attached hydrogens (primary N) is 1. The number of hydrogen-bond acceptors (Lipinski definition) is 7. The zero-order chi connectivity index (χ0) is 16.3. The van der Waals surface area contributed by atoms with Crippen LogP contribution >= 0.6 is 23.1 Å². The minimum Gasteiger partial charge on any atom is -0.374 e. The van der Waals surface area contributed by atoms with Crippen LogP contribution < -0.4 is 10.5 Å². The van der Waals surface area contributed by atoms with Gasteiger partial charge in [0.1, 0.15) is 0 Å². The van der Waals surface area contributed by atoms with Gasteiger partial charge in [-0.25, -0.2) is 13.1 Å². The molecule has 2 atom stereocenters. The van der Waals surface area contributed by atoms with Crippen molar-refractivity contribution in [2.45, 2.75) is 46.2 Å². The maximum atomic E-state index is 12.5. The fourth-order valence-electron chi connectivity index (χ4n) is 2.64. The maximum absolute atomic E-state index is 12.5. The van der Waals surface area contributed by atoms with E-state index in [1.54, 1.807) is 42.1 Å². The first-order chi connectivity index (χ1) is 11.0. The summed E-state index contributed by atoms with van der Waals surface area (Å²) in [7, 11) is -3.50. The molecule has 1 aromatic carbocycles. The third-order valence-electron chi connectivity index (χ3n) is 3.74. The first-order valence-electron chi connectivity index (χ1n) is 7.37. The van der Waals surface area contributed by atoms with Crippen LogP contribution in [0.15, 0.2) is 39.6 Å². The first-order valence-corrected chi connectivity index (χ1v) is 10.6. The van der Waals surface area contributed by atoms with E-state index in [1.165, 1.54) is 11.3 Å². The van der Waals surface area contributed by atoms with E-state index in [2.05, 4.69) is 14.9 Å². The monoisotopic (exact) mass is 370 g/mol. The van der Waals surface area contributed by atoms with Gasteiger partial charge >= 0.3 is 0 Å². The highest BCUT2D eigenvalue weighted by molar-refractivity contribution is 8.01. The zero-order valence-electron chi connectivity index (χ0n) is 12.4. The third kappa shape index (κ3) is 4.23. The van der Waals surface area contributed by atoms with Crippen LogP contribution in [-0.2, 0) is 10.0 Å². The molecule has 6 nitrogen and oxygen atoms in total. The standard InChI is InChI=1S/C14H18N4O2S3/c15-13-16-17-14(22-13)21-12-9-5-4-8-11(12)18-23(19,20)10-6-2-1-3-7-10/h1-3,6-7,11-12,18H,4-5,8-9H2,(H2,15,16)/t11-,12-/m0/s1. The van der Waals surface area contributed by atoms with E-state index in [0.717, 1.165) is 30.0 Å². The molecule has 1 fully saturated rings. The molecule has 0 bridgehead atoms. The van der Waals surface area contributed by atoms with Crippen molar-refractivity contribution in [2.75, 3.05) is 5.73 Å². The van der Waals surface area contributed by atoms with Gasteiger partial charge in [-0.3, -0.25) is 0 Å². The van der Waals surface area contributed by atoms with Crippen molar-refractivity contribution in [3.05, 3.63) is 30.3 Å². The first kappa shape index (κ1) is 16.7. The number of nitrogens with one attached hydrogen (secondary N) is 1. The highest BCUT2D eigenvalue weighted by Crippen LogP contribution is 2.36. The van der Waals surface area contributed by atoms with Crippen molar-refractivity contribution < 1.29 is 8.42 Å². The summed E-state index contributed by atoms with van der Waals surface area (Å²) in [6.07, 6.45) is 3.90. The summed E-state index contributed by atoms with van der Waals surface area (Å²) in [5.41, 5.74) is 5.62. The van der Waals surface area contributed by atoms with Crippen molar-refractivity contribution in [3.8, 4) is 0 Å². The number of hydrogen-bond donors (Lipinski definition) is 2. The minimum absolute atomic E-state index is 0.107. The molecule has 3 N–H and O–H groups in total. The van der Waals surface area contributed by atoms with Crippen LogP contribution in [-0.4, -0.2) is 29.9 Å². The van der Waals surface area contributed by atoms with E-state index < -0.39 is 10.0 Å². The predicted octanol–water partition coefficient (Wildman–Crippen LogP) is 2.50. The van der Waals surface area contributed by atoms with Gasteiger partial charge in [0, 0.05) is 11.3 Å². The fourth-order valence-corrected chi connectivity index (χ4v) is 6.22. The Hall–Kier alpha value is -1.16. The lowest BCUT2D eigenvalue weighted by molar-refractivity contribution is 0.423. The second-order valence-electron chi connectivity index (χ2n) is 5.39. The number of anilines is 1. The largest absolute Gasteiger partial charge is 0.374 e. The van der Waals surface area contributed by atoms with Crippen molar-refractivity contribution in [3.63, 3.8) is 0 Å².